The van der Waals surface area contributed by atoms with Gasteiger partial charge in [0.2, 0.25) is 0 Å². The molecule has 0 amide bonds. The van der Waals surface area contributed by atoms with Crippen molar-refractivity contribution in [1.82, 2.24) is 14.8 Å². The minimum absolute atomic E-state index is 0.592. The highest BCUT2D eigenvalue weighted by molar-refractivity contribution is 5.79. The standard InChI is InChI=1S/C15H13N3O/c1-11-2-4-14-5-3-12(6-15(14)17-11)8-18-9-13(10-19)7-16-18/h2-7,9-10H,8H2,1H3. The fraction of sp³-hybridized carbons (Fsp3) is 0.133. The Hall–Kier alpha value is -2.49. The molecule has 0 spiro atoms. The van der Waals surface area contributed by atoms with Gasteiger partial charge in [0.15, 0.2) is 6.29 Å². The molecule has 0 aliphatic carbocycles. The van der Waals surface area contributed by atoms with Crippen LogP contribution in [0.4, 0.5) is 0 Å². The molecular weight excluding hydrogens is 238 g/mol. The molecule has 4 nitrogen and oxygen atoms in total. The number of nitrogens with zero attached hydrogens (tertiary/aromatic N) is 3. The van der Waals surface area contributed by atoms with Gasteiger partial charge >= 0.3 is 0 Å². The Balaban J connectivity index is 1.94. The second-order valence-electron chi connectivity index (χ2n) is 4.57. The zero-order valence-electron chi connectivity index (χ0n) is 10.6. The number of carbonyl (C=O) groups excluding carboxylic acids is 1. The topological polar surface area (TPSA) is 47.8 Å². The highest BCUT2D eigenvalue weighted by Crippen LogP contribution is 2.15. The normalized spacial score (nSPS) is 10.8. The molecule has 3 aromatic rings. The van der Waals surface area contributed by atoms with E-state index in [2.05, 4.69) is 34.3 Å². The van der Waals surface area contributed by atoms with Crippen LogP contribution in [-0.4, -0.2) is 21.1 Å². The molecule has 0 bridgehead atoms. The van der Waals surface area contributed by atoms with Gasteiger partial charge in [-0.1, -0.05) is 18.2 Å². The lowest BCUT2D eigenvalue weighted by atomic mass is 10.1. The van der Waals surface area contributed by atoms with Crippen LogP contribution in [0, 0.1) is 6.92 Å². The number of rotatable bonds is 3. The van der Waals surface area contributed by atoms with E-state index in [1.54, 1.807) is 17.1 Å². The molecule has 0 saturated carbocycles. The maximum absolute atomic E-state index is 10.6. The van der Waals surface area contributed by atoms with E-state index in [-0.39, 0.29) is 0 Å². The van der Waals surface area contributed by atoms with Crippen molar-refractivity contribution >= 4 is 17.2 Å². The molecule has 0 atom stereocenters. The van der Waals surface area contributed by atoms with E-state index in [0.29, 0.717) is 12.1 Å². The molecule has 3 rings (SSSR count). The summed E-state index contributed by atoms with van der Waals surface area (Å²) in [5.41, 5.74) is 3.70. The number of hydrogen-bond donors (Lipinski definition) is 0. The molecule has 4 heteroatoms. The van der Waals surface area contributed by atoms with Crippen molar-refractivity contribution in [1.29, 1.82) is 0 Å². The van der Waals surface area contributed by atoms with Crippen molar-refractivity contribution in [2.75, 3.05) is 0 Å². The number of aromatic nitrogens is 3. The molecular formula is C15H13N3O. The number of hydrogen-bond acceptors (Lipinski definition) is 3. The van der Waals surface area contributed by atoms with Gasteiger partial charge in [0.1, 0.15) is 0 Å². The number of carbonyl (C=O) groups is 1. The van der Waals surface area contributed by atoms with Gasteiger partial charge in [0, 0.05) is 17.3 Å². The second kappa shape index (κ2) is 4.65. The van der Waals surface area contributed by atoms with Gasteiger partial charge in [0.05, 0.1) is 23.8 Å². The van der Waals surface area contributed by atoms with Crippen LogP contribution in [-0.2, 0) is 6.54 Å². The quantitative estimate of drug-likeness (QED) is 0.672. The van der Waals surface area contributed by atoms with E-state index in [0.717, 1.165) is 28.4 Å². The molecule has 94 valence electrons. The van der Waals surface area contributed by atoms with E-state index in [4.69, 9.17) is 0 Å². The molecule has 0 aliphatic rings. The highest BCUT2D eigenvalue weighted by atomic mass is 16.1. The number of fused-ring (bicyclic) bond motifs is 1. The number of aryl methyl sites for hydroxylation is 1. The molecule has 2 heterocycles. The largest absolute Gasteiger partial charge is 0.298 e. The zero-order chi connectivity index (χ0) is 13.2. The fourth-order valence-corrected chi connectivity index (χ4v) is 2.08. The maximum Gasteiger partial charge on any atom is 0.153 e. The summed E-state index contributed by atoms with van der Waals surface area (Å²) in [5, 5.41) is 5.27. The smallest absolute Gasteiger partial charge is 0.153 e. The minimum Gasteiger partial charge on any atom is -0.298 e. The van der Waals surface area contributed by atoms with Crippen LogP contribution in [0.2, 0.25) is 0 Å². The Kier molecular flexibility index (Phi) is 2.83. The van der Waals surface area contributed by atoms with Gasteiger partial charge in [0.25, 0.3) is 0 Å². The summed E-state index contributed by atoms with van der Waals surface area (Å²) in [6.07, 6.45) is 4.10. The van der Waals surface area contributed by atoms with Crippen LogP contribution in [0.1, 0.15) is 21.6 Å². The average molecular weight is 251 g/mol. The molecule has 0 radical (unpaired) electrons. The first-order chi connectivity index (χ1) is 9.24. The fourth-order valence-electron chi connectivity index (χ4n) is 2.08. The SMILES string of the molecule is Cc1ccc2ccc(Cn3cc(C=O)cn3)cc2n1. The Morgan fingerprint density at radius 1 is 1.26 bits per heavy atom. The Morgan fingerprint density at radius 2 is 2.11 bits per heavy atom. The monoisotopic (exact) mass is 251 g/mol. The summed E-state index contributed by atoms with van der Waals surface area (Å²) in [4.78, 5) is 15.1. The van der Waals surface area contributed by atoms with Crippen LogP contribution in [0.5, 0.6) is 0 Å². The Labute approximate surface area is 110 Å². The van der Waals surface area contributed by atoms with Crippen molar-refractivity contribution < 1.29 is 4.79 Å². The highest BCUT2D eigenvalue weighted by Gasteiger charge is 2.01. The molecule has 19 heavy (non-hydrogen) atoms. The lowest BCUT2D eigenvalue weighted by molar-refractivity contribution is 0.112. The van der Waals surface area contributed by atoms with E-state index in [1.807, 2.05) is 13.0 Å². The molecule has 1 aromatic carbocycles. The summed E-state index contributed by atoms with van der Waals surface area (Å²) >= 11 is 0. The van der Waals surface area contributed by atoms with Crippen molar-refractivity contribution in [3.63, 3.8) is 0 Å². The minimum atomic E-state index is 0.592. The number of aldehydes is 1. The molecule has 0 unspecified atom stereocenters. The van der Waals surface area contributed by atoms with Crippen LogP contribution >= 0.6 is 0 Å². The first-order valence-corrected chi connectivity index (χ1v) is 6.08. The van der Waals surface area contributed by atoms with E-state index in [1.165, 1.54) is 0 Å². The van der Waals surface area contributed by atoms with Gasteiger partial charge in [-0.3, -0.25) is 14.5 Å². The van der Waals surface area contributed by atoms with Gasteiger partial charge in [-0.25, -0.2) is 0 Å². The van der Waals surface area contributed by atoms with Gasteiger partial charge in [-0.15, -0.1) is 0 Å². The summed E-state index contributed by atoms with van der Waals surface area (Å²) < 4.78 is 1.75. The van der Waals surface area contributed by atoms with Crippen molar-refractivity contribution in [2.45, 2.75) is 13.5 Å². The van der Waals surface area contributed by atoms with Crippen LogP contribution in [0.15, 0.2) is 42.7 Å². The maximum atomic E-state index is 10.6. The molecule has 0 saturated heterocycles. The van der Waals surface area contributed by atoms with E-state index in [9.17, 15) is 4.79 Å². The molecule has 0 N–H and O–H groups in total. The molecule has 2 aromatic heterocycles. The van der Waals surface area contributed by atoms with Crippen molar-refractivity contribution in [2.24, 2.45) is 0 Å². The Bertz CT molecular complexity index is 746. The van der Waals surface area contributed by atoms with Gasteiger partial charge in [-0.2, -0.15) is 5.10 Å². The summed E-state index contributed by atoms with van der Waals surface area (Å²) in [6, 6.07) is 10.2. The van der Waals surface area contributed by atoms with Crippen molar-refractivity contribution in [3.05, 3.63) is 59.5 Å². The predicted molar refractivity (Wildman–Crippen MR) is 73.2 cm³/mol. The first-order valence-electron chi connectivity index (χ1n) is 6.08. The van der Waals surface area contributed by atoms with Crippen LogP contribution in [0.25, 0.3) is 10.9 Å². The molecule has 0 aliphatic heterocycles. The Morgan fingerprint density at radius 3 is 2.89 bits per heavy atom. The van der Waals surface area contributed by atoms with Crippen LogP contribution < -0.4 is 0 Å². The van der Waals surface area contributed by atoms with E-state index >= 15 is 0 Å². The zero-order valence-corrected chi connectivity index (χ0v) is 10.6. The summed E-state index contributed by atoms with van der Waals surface area (Å²) in [7, 11) is 0. The van der Waals surface area contributed by atoms with E-state index < -0.39 is 0 Å². The number of pyridine rings is 1. The second-order valence-corrected chi connectivity index (χ2v) is 4.57. The molecule has 0 fully saturated rings. The summed E-state index contributed by atoms with van der Waals surface area (Å²) in [5.74, 6) is 0. The lowest BCUT2D eigenvalue weighted by Crippen LogP contribution is -2.00. The van der Waals surface area contributed by atoms with Gasteiger partial charge in [-0.05, 0) is 24.6 Å². The summed E-state index contributed by atoms with van der Waals surface area (Å²) in [6.45, 7) is 2.62. The third kappa shape index (κ3) is 2.38. The van der Waals surface area contributed by atoms with Crippen LogP contribution in [0.3, 0.4) is 0 Å². The average Bonchev–Trinajstić information content (AvgIpc) is 2.86. The first kappa shape index (κ1) is 11.6. The lowest BCUT2D eigenvalue weighted by Gasteiger charge is -2.04. The number of benzene rings is 1. The third-order valence-corrected chi connectivity index (χ3v) is 3.03. The third-order valence-electron chi connectivity index (χ3n) is 3.03. The van der Waals surface area contributed by atoms with Crippen molar-refractivity contribution in [3.8, 4) is 0 Å². The predicted octanol–water partition coefficient (Wildman–Crippen LogP) is 2.60. The van der Waals surface area contributed by atoms with Gasteiger partial charge < -0.3 is 0 Å².